The summed E-state index contributed by atoms with van der Waals surface area (Å²) in [7, 11) is 2.65. The average molecular weight is 438 g/mol. The summed E-state index contributed by atoms with van der Waals surface area (Å²) in [5.41, 5.74) is 2.65. The van der Waals surface area contributed by atoms with E-state index in [4.69, 9.17) is 14.2 Å². The molecule has 0 fully saturated rings. The zero-order valence-electron chi connectivity index (χ0n) is 18.3. The van der Waals surface area contributed by atoms with Gasteiger partial charge < -0.3 is 18.9 Å². The number of carbonyl (C=O) groups is 1. The highest BCUT2D eigenvalue weighted by Gasteiger charge is 2.20. The Bertz CT molecular complexity index is 989. The molecule has 0 spiro atoms. The highest BCUT2D eigenvalue weighted by Crippen LogP contribution is 2.22. The van der Waals surface area contributed by atoms with E-state index in [1.165, 1.54) is 20.3 Å². The minimum atomic E-state index is -0.847. The van der Waals surface area contributed by atoms with Crippen LogP contribution < -0.4 is 9.47 Å². The van der Waals surface area contributed by atoms with Crippen molar-refractivity contribution in [3.8, 4) is 22.6 Å². The normalized spacial score (nSPS) is 11.6. The highest BCUT2D eigenvalue weighted by atomic mass is 19.1. The fourth-order valence-corrected chi connectivity index (χ4v) is 3.19. The Labute approximate surface area is 187 Å². The van der Waals surface area contributed by atoms with Gasteiger partial charge in [0.1, 0.15) is 17.3 Å². The molecular weight excluding hydrogens is 411 g/mol. The number of halogens is 1. The van der Waals surface area contributed by atoms with Crippen LogP contribution >= 0.6 is 0 Å². The maximum absolute atomic E-state index is 14.4. The number of rotatable bonds is 11. The summed E-state index contributed by atoms with van der Waals surface area (Å²) in [5.74, 6) is 0.217. The molecule has 0 aromatic heterocycles. The third kappa shape index (κ3) is 6.56. The third-order valence-corrected chi connectivity index (χ3v) is 4.97. The van der Waals surface area contributed by atoms with Crippen LogP contribution in [-0.2, 0) is 20.7 Å². The molecule has 1 atom stereocenters. The zero-order chi connectivity index (χ0) is 22.8. The summed E-state index contributed by atoms with van der Waals surface area (Å²) in [6.07, 6.45) is -0.107. The topological polar surface area (TPSA) is 54.0 Å². The molecule has 0 saturated carbocycles. The monoisotopic (exact) mass is 438 g/mol. The van der Waals surface area contributed by atoms with Crippen molar-refractivity contribution >= 4 is 5.97 Å². The Kier molecular flexibility index (Phi) is 8.63. The first-order chi connectivity index (χ1) is 15.6. The van der Waals surface area contributed by atoms with Gasteiger partial charge in [0.15, 0.2) is 6.10 Å². The summed E-state index contributed by atoms with van der Waals surface area (Å²) >= 11 is 0. The second-order valence-electron chi connectivity index (χ2n) is 7.15. The van der Waals surface area contributed by atoms with E-state index < -0.39 is 17.9 Å². The second kappa shape index (κ2) is 11.9. The van der Waals surface area contributed by atoms with Crippen LogP contribution in [0.1, 0.15) is 12.0 Å². The molecule has 5 nitrogen and oxygen atoms in total. The van der Waals surface area contributed by atoms with E-state index in [1.54, 1.807) is 12.1 Å². The Balaban J connectivity index is 1.42. The van der Waals surface area contributed by atoms with Crippen LogP contribution in [-0.4, -0.2) is 39.5 Å². The van der Waals surface area contributed by atoms with Crippen molar-refractivity contribution < 1.29 is 28.1 Å². The highest BCUT2D eigenvalue weighted by molar-refractivity contribution is 5.75. The molecule has 1 unspecified atom stereocenters. The molecule has 168 valence electrons. The van der Waals surface area contributed by atoms with Gasteiger partial charge in [-0.2, -0.15) is 0 Å². The maximum atomic E-state index is 14.4. The SMILES string of the molecule is COC(=O)C(Cc1ccc(OCCCOc2ccc(-c3ccccc3)cc2)cc1F)OC. The van der Waals surface area contributed by atoms with Crippen molar-refractivity contribution in [2.75, 3.05) is 27.4 Å². The van der Waals surface area contributed by atoms with Crippen LogP contribution in [0.3, 0.4) is 0 Å². The predicted molar refractivity (Wildman–Crippen MR) is 120 cm³/mol. The fraction of sp³-hybridized carbons (Fsp3) is 0.269. The second-order valence-corrected chi connectivity index (χ2v) is 7.15. The quantitative estimate of drug-likeness (QED) is 0.309. The van der Waals surface area contributed by atoms with Gasteiger partial charge in [-0.05, 0) is 34.9 Å². The van der Waals surface area contributed by atoms with Gasteiger partial charge in [-0.1, -0.05) is 48.5 Å². The molecule has 0 radical (unpaired) electrons. The number of hydrogen-bond acceptors (Lipinski definition) is 5. The Hall–Kier alpha value is -3.38. The molecule has 0 heterocycles. The third-order valence-electron chi connectivity index (χ3n) is 4.97. The van der Waals surface area contributed by atoms with Crippen molar-refractivity contribution in [1.29, 1.82) is 0 Å². The molecule has 3 aromatic rings. The standard InChI is InChI=1S/C26H27FO5/c1-29-25(26(28)30-2)17-21-11-14-23(18-24(21)27)32-16-6-15-31-22-12-9-20(10-13-22)19-7-4-3-5-8-19/h3-5,7-14,18,25H,6,15-17H2,1-2H3. The first kappa shape index (κ1) is 23.3. The number of carbonyl (C=O) groups excluding carboxylic acids is 1. The Morgan fingerprint density at radius 1 is 0.844 bits per heavy atom. The molecular formula is C26H27FO5. The van der Waals surface area contributed by atoms with E-state index in [0.29, 0.717) is 30.9 Å². The Morgan fingerprint density at radius 3 is 2.09 bits per heavy atom. The number of hydrogen-bond donors (Lipinski definition) is 0. The zero-order valence-corrected chi connectivity index (χ0v) is 18.3. The molecule has 0 aliphatic carbocycles. The van der Waals surface area contributed by atoms with Crippen LogP contribution in [0.15, 0.2) is 72.8 Å². The maximum Gasteiger partial charge on any atom is 0.335 e. The number of benzene rings is 3. The lowest BCUT2D eigenvalue weighted by atomic mass is 10.1. The molecule has 0 bridgehead atoms. The molecule has 6 heteroatoms. The summed E-state index contributed by atoms with van der Waals surface area (Å²) in [6, 6.07) is 22.7. The summed E-state index contributed by atoms with van der Waals surface area (Å²) < 4.78 is 35.4. The van der Waals surface area contributed by atoms with E-state index >= 15 is 0 Å². The summed E-state index contributed by atoms with van der Waals surface area (Å²) in [6.45, 7) is 0.879. The predicted octanol–water partition coefficient (Wildman–Crippen LogP) is 5.07. The largest absolute Gasteiger partial charge is 0.493 e. The van der Waals surface area contributed by atoms with E-state index in [2.05, 4.69) is 16.9 Å². The van der Waals surface area contributed by atoms with Gasteiger partial charge in [0.25, 0.3) is 0 Å². The van der Waals surface area contributed by atoms with E-state index in [-0.39, 0.29) is 6.42 Å². The molecule has 0 saturated heterocycles. The van der Waals surface area contributed by atoms with Crippen molar-refractivity contribution in [3.05, 3.63) is 84.2 Å². The van der Waals surface area contributed by atoms with Gasteiger partial charge >= 0.3 is 5.97 Å². The molecule has 0 N–H and O–H groups in total. The van der Waals surface area contributed by atoms with Crippen LogP contribution in [0.4, 0.5) is 4.39 Å². The number of ether oxygens (including phenoxy) is 4. The lowest BCUT2D eigenvalue weighted by Gasteiger charge is -2.14. The number of esters is 1. The molecule has 3 rings (SSSR count). The van der Waals surface area contributed by atoms with Crippen LogP contribution in [0, 0.1) is 5.82 Å². The summed E-state index contributed by atoms with van der Waals surface area (Å²) in [5, 5.41) is 0. The van der Waals surface area contributed by atoms with Gasteiger partial charge in [-0.3, -0.25) is 0 Å². The molecule has 32 heavy (non-hydrogen) atoms. The van der Waals surface area contributed by atoms with Gasteiger partial charge in [-0.25, -0.2) is 9.18 Å². The average Bonchev–Trinajstić information content (AvgIpc) is 2.84. The lowest BCUT2D eigenvalue weighted by molar-refractivity contribution is -0.152. The van der Waals surface area contributed by atoms with Crippen molar-refractivity contribution in [2.45, 2.75) is 18.9 Å². The van der Waals surface area contributed by atoms with Gasteiger partial charge in [0.2, 0.25) is 0 Å². The van der Waals surface area contributed by atoms with Gasteiger partial charge in [0.05, 0.1) is 20.3 Å². The Morgan fingerprint density at radius 2 is 1.47 bits per heavy atom. The number of methoxy groups -OCH3 is 2. The van der Waals surface area contributed by atoms with Gasteiger partial charge in [-0.15, -0.1) is 0 Å². The first-order valence-electron chi connectivity index (χ1n) is 10.4. The molecule has 0 aliphatic heterocycles. The van der Waals surface area contributed by atoms with E-state index in [1.807, 2.05) is 42.5 Å². The lowest BCUT2D eigenvalue weighted by Crippen LogP contribution is -2.27. The minimum Gasteiger partial charge on any atom is -0.493 e. The molecule has 3 aromatic carbocycles. The molecule has 0 amide bonds. The smallest absolute Gasteiger partial charge is 0.335 e. The van der Waals surface area contributed by atoms with Crippen molar-refractivity contribution in [1.82, 2.24) is 0 Å². The van der Waals surface area contributed by atoms with Crippen LogP contribution in [0.25, 0.3) is 11.1 Å². The first-order valence-corrected chi connectivity index (χ1v) is 10.4. The van der Waals surface area contributed by atoms with Crippen molar-refractivity contribution in [2.24, 2.45) is 0 Å². The van der Waals surface area contributed by atoms with Crippen LogP contribution in [0.2, 0.25) is 0 Å². The minimum absolute atomic E-state index is 0.0895. The van der Waals surface area contributed by atoms with Crippen LogP contribution in [0.5, 0.6) is 11.5 Å². The summed E-state index contributed by atoms with van der Waals surface area (Å²) in [4.78, 5) is 11.6. The van der Waals surface area contributed by atoms with Gasteiger partial charge in [0, 0.05) is 26.0 Å². The fourth-order valence-electron chi connectivity index (χ4n) is 3.19. The van der Waals surface area contributed by atoms with E-state index in [9.17, 15) is 9.18 Å². The van der Waals surface area contributed by atoms with E-state index in [0.717, 1.165) is 16.9 Å². The molecule has 0 aliphatic rings. The van der Waals surface area contributed by atoms with Crippen molar-refractivity contribution in [3.63, 3.8) is 0 Å².